The van der Waals surface area contributed by atoms with Crippen LogP contribution >= 0.6 is 11.6 Å². The van der Waals surface area contributed by atoms with Crippen LogP contribution in [-0.2, 0) is 24.3 Å². The summed E-state index contributed by atoms with van der Waals surface area (Å²) in [6.07, 6.45) is 1.21. The molecule has 1 unspecified atom stereocenters. The first-order valence-corrected chi connectivity index (χ1v) is 10.4. The summed E-state index contributed by atoms with van der Waals surface area (Å²) >= 11 is 6.01. The van der Waals surface area contributed by atoms with Crippen molar-refractivity contribution in [1.29, 1.82) is 0 Å². The van der Waals surface area contributed by atoms with Gasteiger partial charge in [-0.3, -0.25) is 9.59 Å². The van der Waals surface area contributed by atoms with Crippen molar-refractivity contribution < 1.29 is 27.5 Å². The van der Waals surface area contributed by atoms with Crippen LogP contribution in [0.25, 0.3) is 0 Å². The predicted octanol–water partition coefficient (Wildman–Crippen LogP) is 1.48. The number of carbonyl (C=O) groups is 2. The van der Waals surface area contributed by atoms with Crippen LogP contribution in [0.15, 0.2) is 23.1 Å². The Morgan fingerprint density at radius 1 is 1.37 bits per heavy atom. The van der Waals surface area contributed by atoms with Gasteiger partial charge in [-0.15, -0.1) is 0 Å². The van der Waals surface area contributed by atoms with E-state index in [1.54, 1.807) is 13.8 Å². The van der Waals surface area contributed by atoms with Gasteiger partial charge in [0.15, 0.2) is 0 Å². The summed E-state index contributed by atoms with van der Waals surface area (Å²) < 4.78 is 37.8. The van der Waals surface area contributed by atoms with Gasteiger partial charge in [0.25, 0.3) is 5.91 Å². The summed E-state index contributed by atoms with van der Waals surface area (Å²) in [6, 6.07) is 3.87. The van der Waals surface area contributed by atoms with E-state index in [0.717, 1.165) is 12.8 Å². The quantitative estimate of drug-likeness (QED) is 0.618. The Labute approximate surface area is 163 Å². The number of hydrogen-bond acceptors (Lipinski definition) is 6. The van der Waals surface area contributed by atoms with E-state index >= 15 is 0 Å². The molecule has 150 valence electrons. The van der Waals surface area contributed by atoms with Crippen molar-refractivity contribution in [2.75, 3.05) is 19.7 Å². The van der Waals surface area contributed by atoms with Crippen LogP contribution in [-0.4, -0.2) is 52.2 Å². The van der Waals surface area contributed by atoms with Crippen molar-refractivity contribution in [2.24, 2.45) is 0 Å². The number of hydrogen-bond donors (Lipinski definition) is 2. The highest BCUT2D eigenvalue weighted by Crippen LogP contribution is 2.23. The number of rotatable bonds is 8. The maximum absolute atomic E-state index is 12.5. The van der Waals surface area contributed by atoms with Crippen molar-refractivity contribution in [3.8, 4) is 0 Å². The maximum Gasteiger partial charge on any atom is 0.325 e. The number of ether oxygens (including phenoxy) is 2. The smallest absolute Gasteiger partial charge is 0.325 e. The average Bonchev–Trinajstić information content (AvgIpc) is 3.11. The molecular weight excluding hydrogens is 396 g/mol. The topological polar surface area (TPSA) is 111 Å². The highest BCUT2D eigenvalue weighted by atomic mass is 35.5. The molecule has 1 atom stereocenters. The molecule has 2 rings (SSSR count). The van der Waals surface area contributed by atoms with Gasteiger partial charge in [0, 0.05) is 18.7 Å². The van der Waals surface area contributed by atoms with Crippen molar-refractivity contribution in [1.82, 2.24) is 10.0 Å². The van der Waals surface area contributed by atoms with Crippen LogP contribution in [0, 0.1) is 0 Å². The second-order valence-electron chi connectivity index (χ2n) is 6.35. The molecule has 10 heteroatoms. The fourth-order valence-electron chi connectivity index (χ4n) is 2.50. The van der Waals surface area contributed by atoms with Crippen LogP contribution in [0.4, 0.5) is 0 Å². The summed E-state index contributed by atoms with van der Waals surface area (Å²) in [6.45, 7) is 3.82. The molecule has 0 aromatic heterocycles. The Balaban J connectivity index is 2.05. The number of esters is 1. The van der Waals surface area contributed by atoms with E-state index in [1.165, 1.54) is 18.2 Å². The first-order valence-electron chi connectivity index (χ1n) is 8.57. The molecule has 1 amide bonds. The molecule has 1 heterocycles. The standard InChI is InChI=1S/C17H23ClN2O6S/c1-11(2)26-16(21)10-19-17(22)12-5-6-14(18)15(8-12)27(23,24)20-9-13-4-3-7-25-13/h5-6,8,11,13,20H,3-4,7,9-10H2,1-2H3,(H,19,22). The van der Waals surface area contributed by atoms with Crippen LogP contribution in [0.2, 0.25) is 5.02 Å². The van der Waals surface area contributed by atoms with Crippen molar-refractivity contribution in [2.45, 2.75) is 43.8 Å². The SMILES string of the molecule is CC(C)OC(=O)CNC(=O)c1ccc(Cl)c(S(=O)(=O)NCC2CCCO2)c1. The minimum absolute atomic E-state index is 0.00870. The van der Waals surface area contributed by atoms with Crippen molar-refractivity contribution in [3.63, 3.8) is 0 Å². The van der Waals surface area contributed by atoms with Crippen LogP contribution < -0.4 is 10.0 Å². The van der Waals surface area contributed by atoms with Gasteiger partial charge in [-0.2, -0.15) is 0 Å². The molecule has 27 heavy (non-hydrogen) atoms. The average molecular weight is 419 g/mol. The molecular formula is C17H23ClN2O6S. The van der Waals surface area contributed by atoms with Gasteiger partial charge in [-0.25, -0.2) is 13.1 Å². The Bertz CT molecular complexity index is 791. The highest BCUT2D eigenvalue weighted by Gasteiger charge is 2.23. The number of halogens is 1. The Kier molecular flexibility index (Phi) is 7.60. The van der Waals surface area contributed by atoms with Gasteiger partial charge >= 0.3 is 5.97 Å². The zero-order valence-corrected chi connectivity index (χ0v) is 16.7. The number of amides is 1. The predicted molar refractivity (Wildman–Crippen MR) is 99.2 cm³/mol. The molecule has 0 bridgehead atoms. The molecule has 1 aromatic rings. The minimum Gasteiger partial charge on any atom is -0.462 e. The van der Waals surface area contributed by atoms with Crippen LogP contribution in [0.3, 0.4) is 0 Å². The van der Waals surface area contributed by atoms with Gasteiger partial charge in [0.2, 0.25) is 10.0 Å². The lowest BCUT2D eigenvalue weighted by molar-refractivity contribution is -0.146. The second kappa shape index (κ2) is 9.50. The van der Waals surface area contributed by atoms with E-state index in [4.69, 9.17) is 21.1 Å². The molecule has 1 fully saturated rings. The van der Waals surface area contributed by atoms with Gasteiger partial charge in [-0.1, -0.05) is 11.6 Å². The van der Waals surface area contributed by atoms with Crippen molar-refractivity contribution in [3.05, 3.63) is 28.8 Å². The highest BCUT2D eigenvalue weighted by molar-refractivity contribution is 7.89. The third-order valence-electron chi connectivity index (χ3n) is 3.77. The monoisotopic (exact) mass is 418 g/mol. The molecule has 1 aliphatic rings. The second-order valence-corrected chi connectivity index (χ2v) is 8.50. The lowest BCUT2D eigenvalue weighted by Crippen LogP contribution is -2.33. The maximum atomic E-state index is 12.5. The molecule has 8 nitrogen and oxygen atoms in total. The molecule has 1 aromatic carbocycles. The number of benzene rings is 1. The van der Waals surface area contributed by atoms with Crippen molar-refractivity contribution >= 4 is 33.5 Å². The van der Waals surface area contributed by atoms with E-state index < -0.39 is 21.9 Å². The fourth-order valence-corrected chi connectivity index (χ4v) is 4.09. The first-order chi connectivity index (χ1) is 12.7. The molecule has 0 saturated carbocycles. The molecule has 1 aliphatic heterocycles. The van der Waals surface area contributed by atoms with Gasteiger partial charge in [0.05, 0.1) is 17.2 Å². The Morgan fingerprint density at radius 2 is 2.11 bits per heavy atom. The van der Waals surface area contributed by atoms with Gasteiger partial charge in [0.1, 0.15) is 11.4 Å². The Hall–Kier alpha value is -1.68. The van der Waals surface area contributed by atoms with E-state index in [1.807, 2.05) is 0 Å². The molecule has 0 spiro atoms. The molecule has 0 radical (unpaired) electrons. The van der Waals surface area contributed by atoms with E-state index in [9.17, 15) is 18.0 Å². The summed E-state index contributed by atoms with van der Waals surface area (Å²) in [5.41, 5.74) is 0.0641. The third kappa shape index (κ3) is 6.46. The molecule has 2 N–H and O–H groups in total. The zero-order valence-electron chi connectivity index (χ0n) is 15.2. The zero-order chi connectivity index (χ0) is 20.0. The minimum atomic E-state index is -3.92. The number of carbonyl (C=O) groups excluding carboxylic acids is 2. The Morgan fingerprint density at radius 3 is 2.74 bits per heavy atom. The molecule has 0 aliphatic carbocycles. The van der Waals surface area contributed by atoms with E-state index in [2.05, 4.69) is 10.0 Å². The third-order valence-corrected chi connectivity index (χ3v) is 5.67. The summed E-state index contributed by atoms with van der Waals surface area (Å²) in [7, 11) is -3.92. The molecule has 1 saturated heterocycles. The van der Waals surface area contributed by atoms with Crippen LogP contribution in [0.1, 0.15) is 37.0 Å². The van der Waals surface area contributed by atoms with E-state index in [0.29, 0.717) is 6.61 Å². The van der Waals surface area contributed by atoms with E-state index in [-0.39, 0.29) is 40.8 Å². The fraction of sp³-hybridized carbons (Fsp3) is 0.529. The lowest BCUT2D eigenvalue weighted by Gasteiger charge is -2.13. The van der Waals surface area contributed by atoms with Crippen LogP contribution in [0.5, 0.6) is 0 Å². The normalized spacial score (nSPS) is 17.1. The summed E-state index contributed by atoms with van der Waals surface area (Å²) in [5.74, 6) is -1.19. The first kappa shape index (κ1) is 21.6. The summed E-state index contributed by atoms with van der Waals surface area (Å²) in [5, 5.41) is 2.38. The summed E-state index contributed by atoms with van der Waals surface area (Å²) in [4.78, 5) is 23.5. The number of nitrogens with one attached hydrogen (secondary N) is 2. The largest absolute Gasteiger partial charge is 0.462 e. The lowest BCUT2D eigenvalue weighted by atomic mass is 10.2. The number of sulfonamides is 1. The van der Waals surface area contributed by atoms with Gasteiger partial charge in [-0.05, 0) is 44.9 Å². The van der Waals surface area contributed by atoms with Gasteiger partial charge < -0.3 is 14.8 Å².